The van der Waals surface area contributed by atoms with E-state index in [1.165, 1.54) is 37.4 Å². The molecule has 1 heterocycles. The lowest BCUT2D eigenvalue weighted by Gasteiger charge is -2.09. The Morgan fingerprint density at radius 3 is 2.50 bits per heavy atom. The molecule has 0 atom stereocenters. The summed E-state index contributed by atoms with van der Waals surface area (Å²) in [6.45, 7) is 0. The molecule has 0 amide bonds. The molecular formula is C23H15F3N2O4. The molecule has 0 aliphatic carbocycles. The molecule has 32 heavy (non-hydrogen) atoms. The molecule has 4 rings (SSSR count). The molecule has 6 nitrogen and oxygen atoms in total. The predicted molar refractivity (Wildman–Crippen MR) is 112 cm³/mol. The van der Waals surface area contributed by atoms with E-state index in [4.69, 9.17) is 4.74 Å². The van der Waals surface area contributed by atoms with Gasteiger partial charge in [-0.2, -0.15) is 13.2 Å². The van der Waals surface area contributed by atoms with Crippen LogP contribution in [-0.4, -0.2) is 17.8 Å². The van der Waals surface area contributed by atoms with Gasteiger partial charge in [0.2, 0.25) is 11.7 Å². The number of alkyl halides is 3. The zero-order valence-corrected chi connectivity index (χ0v) is 16.6. The van der Waals surface area contributed by atoms with Gasteiger partial charge in [-0.1, -0.05) is 30.3 Å². The average Bonchev–Trinajstić information content (AvgIpc) is 3.08. The molecule has 0 unspecified atom stereocenters. The molecule has 3 aromatic rings. The van der Waals surface area contributed by atoms with Crippen molar-refractivity contribution in [1.82, 2.24) is 5.32 Å². The first-order valence-electron chi connectivity index (χ1n) is 9.40. The van der Waals surface area contributed by atoms with Crippen molar-refractivity contribution in [2.75, 3.05) is 7.05 Å². The van der Waals surface area contributed by atoms with Gasteiger partial charge >= 0.3 is 6.18 Å². The van der Waals surface area contributed by atoms with E-state index >= 15 is 0 Å². The van der Waals surface area contributed by atoms with Crippen molar-refractivity contribution in [3.8, 4) is 0 Å². The normalized spacial score (nSPS) is 15.4. The summed E-state index contributed by atoms with van der Waals surface area (Å²) in [4.78, 5) is 23.6. The van der Waals surface area contributed by atoms with E-state index in [1.807, 2.05) is 0 Å². The van der Waals surface area contributed by atoms with Crippen LogP contribution in [0.4, 0.5) is 18.9 Å². The highest BCUT2D eigenvalue weighted by atomic mass is 19.4. The summed E-state index contributed by atoms with van der Waals surface area (Å²) in [6.07, 6.45) is -3.09. The van der Waals surface area contributed by atoms with Crippen LogP contribution in [0, 0.1) is 10.1 Å². The van der Waals surface area contributed by atoms with Crippen LogP contribution in [0.3, 0.4) is 0 Å². The fourth-order valence-corrected chi connectivity index (χ4v) is 3.49. The smallest absolute Gasteiger partial charge is 0.416 e. The third-order valence-corrected chi connectivity index (χ3v) is 4.99. The highest BCUT2D eigenvalue weighted by Crippen LogP contribution is 2.36. The Labute approximate surface area is 179 Å². The molecule has 0 radical (unpaired) electrons. The molecule has 0 bridgehead atoms. The van der Waals surface area contributed by atoms with Crippen molar-refractivity contribution in [3.05, 3.63) is 99.1 Å². The Morgan fingerprint density at radius 2 is 1.81 bits per heavy atom. The molecule has 3 aromatic carbocycles. The lowest BCUT2D eigenvalue weighted by atomic mass is 9.98. The maximum atomic E-state index is 13.1. The zero-order valence-electron chi connectivity index (χ0n) is 16.6. The van der Waals surface area contributed by atoms with Gasteiger partial charge in [-0.15, -0.1) is 0 Å². The molecule has 162 valence electrons. The van der Waals surface area contributed by atoms with Crippen LogP contribution in [0.25, 0.3) is 22.4 Å². The van der Waals surface area contributed by atoms with Crippen LogP contribution < -0.4 is 5.32 Å². The number of benzene rings is 3. The van der Waals surface area contributed by atoms with Gasteiger partial charge in [0.15, 0.2) is 5.76 Å². The van der Waals surface area contributed by atoms with Crippen LogP contribution in [0.15, 0.2) is 72.3 Å². The zero-order chi connectivity index (χ0) is 23.0. The van der Waals surface area contributed by atoms with E-state index in [1.54, 1.807) is 24.3 Å². The number of carbonyl (C=O) groups is 1. The minimum Gasteiger partial charge on any atom is -0.436 e. The lowest BCUT2D eigenvalue weighted by molar-refractivity contribution is -0.384. The number of rotatable bonds is 4. The molecule has 9 heteroatoms. The Balaban J connectivity index is 1.76. The van der Waals surface area contributed by atoms with Gasteiger partial charge in [0, 0.05) is 19.2 Å². The number of hydrogen-bond donors (Lipinski definition) is 1. The Kier molecular flexibility index (Phi) is 5.17. The highest BCUT2D eigenvalue weighted by molar-refractivity contribution is 6.31. The SMILES string of the molecule is CNC1=C(c2cccc(C(F)(F)F)c2)C(=O)/C(=C\c2cccc3cc([N+](=O)[O-])ccc23)O1. The summed E-state index contributed by atoms with van der Waals surface area (Å²) in [6, 6.07) is 13.9. The number of non-ortho nitro benzene ring substituents is 1. The van der Waals surface area contributed by atoms with E-state index in [-0.39, 0.29) is 28.5 Å². The Bertz CT molecular complexity index is 1330. The number of ketones is 1. The van der Waals surface area contributed by atoms with Crippen LogP contribution in [-0.2, 0) is 15.7 Å². The summed E-state index contributed by atoms with van der Waals surface area (Å²) in [5.41, 5.74) is -0.311. The molecular weight excluding hydrogens is 425 g/mol. The van der Waals surface area contributed by atoms with Crippen molar-refractivity contribution < 1.29 is 27.6 Å². The number of nitro benzene ring substituents is 1. The number of allylic oxidation sites excluding steroid dienone is 1. The summed E-state index contributed by atoms with van der Waals surface area (Å²) in [7, 11) is 1.50. The van der Waals surface area contributed by atoms with Gasteiger partial charge in [0.25, 0.3) is 5.69 Å². The van der Waals surface area contributed by atoms with Gasteiger partial charge < -0.3 is 10.1 Å². The second-order valence-corrected chi connectivity index (χ2v) is 6.98. The predicted octanol–water partition coefficient (Wildman–Crippen LogP) is 5.30. The van der Waals surface area contributed by atoms with Crippen LogP contribution in [0.1, 0.15) is 16.7 Å². The van der Waals surface area contributed by atoms with Gasteiger partial charge in [0.1, 0.15) is 0 Å². The quantitative estimate of drug-likeness (QED) is 0.339. The van der Waals surface area contributed by atoms with Gasteiger partial charge in [-0.05, 0) is 46.2 Å². The van der Waals surface area contributed by atoms with E-state index < -0.39 is 22.4 Å². The minimum absolute atomic E-state index is 0.0132. The summed E-state index contributed by atoms with van der Waals surface area (Å²) in [5, 5.41) is 15.0. The first-order chi connectivity index (χ1) is 15.2. The Morgan fingerprint density at radius 1 is 1.06 bits per heavy atom. The molecule has 0 saturated heterocycles. The number of carbonyl (C=O) groups excluding carboxylic acids is 1. The van der Waals surface area contributed by atoms with Crippen LogP contribution in [0.5, 0.6) is 0 Å². The number of Topliss-reactive ketones (excluding diaryl/α,β-unsaturated/α-hetero) is 1. The van der Waals surface area contributed by atoms with Crippen molar-refractivity contribution in [2.24, 2.45) is 0 Å². The summed E-state index contributed by atoms with van der Waals surface area (Å²) in [5.74, 6) is -0.614. The first kappa shape index (κ1) is 21.1. The molecule has 1 N–H and O–H groups in total. The monoisotopic (exact) mass is 440 g/mol. The fourth-order valence-electron chi connectivity index (χ4n) is 3.49. The third kappa shape index (κ3) is 3.80. The van der Waals surface area contributed by atoms with E-state index in [0.717, 1.165) is 12.1 Å². The number of nitrogens with one attached hydrogen (secondary N) is 1. The van der Waals surface area contributed by atoms with Crippen LogP contribution >= 0.6 is 0 Å². The minimum atomic E-state index is -4.55. The molecule has 0 spiro atoms. The largest absolute Gasteiger partial charge is 0.436 e. The number of fused-ring (bicyclic) bond motifs is 1. The van der Waals surface area contributed by atoms with E-state index in [2.05, 4.69) is 5.32 Å². The molecule has 0 fully saturated rings. The standard InChI is InChI=1S/C23H15F3N2O4/c1-27-22-20(15-6-3-7-16(10-15)23(24,25)26)21(29)19(32-22)12-14-5-2-4-13-11-17(28(30)31)8-9-18(13)14/h2-12,27H,1H3/b19-12+. The highest BCUT2D eigenvalue weighted by Gasteiger charge is 2.34. The maximum absolute atomic E-state index is 13.1. The number of hydrogen-bond acceptors (Lipinski definition) is 5. The third-order valence-electron chi connectivity index (χ3n) is 4.99. The summed E-state index contributed by atoms with van der Waals surface area (Å²) >= 11 is 0. The van der Waals surface area contributed by atoms with Gasteiger partial charge in [-0.25, -0.2) is 0 Å². The van der Waals surface area contributed by atoms with Crippen molar-refractivity contribution >= 4 is 33.9 Å². The molecule has 0 saturated carbocycles. The number of halogens is 3. The Hall–Kier alpha value is -4.14. The number of nitro groups is 1. The topological polar surface area (TPSA) is 81.5 Å². The second-order valence-electron chi connectivity index (χ2n) is 6.98. The summed E-state index contributed by atoms with van der Waals surface area (Å²) < 4.78 is 45.0. The second kappa shape index (κ2) is 7.84. The van der Waals surface area contributed by atoms with Crippen molar-refractivity contribution in [1.29, 1.82) is 0 Å². The van der Waals surface area contributed by atoms with E-state index in [9.17, 15) is 28.1 Å². The molecule has 0 aromatic heterocycles. The fraction of sp³-hybridized carbons (Fsp3) is 0.0870. The molecule has 1 aliphatic heterocycles. The van der Waals surface area contributed by atoms with Crippen LogP contribution in [0.2, 0.25) is 0 Å². The van der Waals surface area contributed by atoms with Crippen molar-refractivity contribution in [3.63, 3.8) is 0 Å². The first-order valence-corrected chi connectivity index (χ1v) is 9.40. The van der Waals surface area contributed by atoms with E-state index in [0.29, 0.717) is 16.3 Å². The number of nitrogens with zero attached hydrogens (tertiary/aromatic N) is 1. The van der Waals surface area contributed by atoms with Gasteiger partial charge in [0.05, 0.1) is 16.1 Å². The maximum Gasteiger partial charge on any atom is 0.416 e. The van der Waals surface area contributed by atoms with Gasteiger partial charge in [-0.3, -0.25) is 14.9 Å². The van der Waals surface area contributed by atoms with Crippen molar-refractivity contribution in [2.45, 2.75) is 6.18 Å². The molecule has 1 aliphatic rings. The number of ether oxygens (including phenoxy) is 1. The average molecular weight is 440 g/mol. The lowest BCUT2D eigenvalue weighted by Crippen LogP contribution is -2.09.